The zero-order valence-corrected chi connectivity index (χ0v) is 17.4. The van der Waals surface area contributed by atoms with E-state index in [1.807, 2.05) is 6.92 Å². The lowest BCUT2D eigenvalue weighted by atomic mass is 10.3. The van der Waals surface area contributed by atoms with Gasteiger partial charge in [-0.05, 0) is 24.6 Å². The van der Waals surface area contributed by atoms with Gasteiger partial charge in [-0.25, -0.2) is 4.79 Å². The molecule has 2 aromatic heterocycles. The molecule has 3 aromatic rings. The third kappa shape index (κ3) is 4.58. The van der Waals surface area contributed by atoms with Crippen LogP contribution in [0, 0.1) is 0 Å². The number of aromatic nitrogens is 4. The van der Waals surface area contributed by atoms with Gasteiger partial charge in [0.15, 0.2) is 11.2 Å². The third-order valence-electron chi connectivity index (χ3n) is 4.26. The Morgan fingerprint density at radius 1 is 1.34 bits per heavy atom. The number of imidazole rings is 1. The van der Waals surface area contributed by atoms with Crippen molar-refractivity contribution in [3.8, 4) is 5.75 Å². The van der Waals surface area contributed by atoms with Crippen LogP contribution in [0.5, 0.6) is 5.75 Å². The van der Waals surface area contributed by atoms with Crippen LogP contribution in [0.3, 0.4) is 0 Å². The number of ether oxygens (including phenoxy) is 1. The number of nitrogens with zero attached hydrogens (tertiary/aromatic N) is 3. The highest BCUT2D eigenvalue weighted by Crippen LogP contribution is 2.27. The normalized spacial score (nSPS) is 12.3. The van der Waals surface area contributed by atoms with Gasteiger partial charge in [0.1, 0.15) is 18.5 Å². The van der Waals surface area contributed by atoms with Crippen molar-refractivity contribution in [3.05, 3.63) is 49.1 Å². The minimum absolute atomic E-state index is 0.0229. The van der Waals surface area contributed by atoms with E-state index in [1.54, 1.807) is 22.8 Å². The Hall–Kier alpha value is -2.49. The highest BCUT2D eigenvalue weighted by atomic mass is 35.5. The lowest BCUT2D eigenvalue weighted by Crippen LogP contribution is -2.31. The first kappa shape index (κ1) is 21.2. The Morgan fingerprint density at radius 2 is 2.10 bits per heavy atom. The van der Waals surface area contributed by atoms with E-state index in [0.717, 1.165) is 6.42 Å². The molecule has 0 fully saturated rings. The highest BCUT2D eigenvalue weighted by molar-refractivity contribution is 6.35. The first-order valence-electron chi connectivity index (χ1n) is 9.01. The van der Waals surface area contributed by atoms with Gasteiger partial charge < -0.3 is 19.7 Å². The summed E-state index contributed by atoms with van der Waals surface area (Å²) in [7, 11) is 1.52. The van der Waals surface area contributed by atoms with E-state index < -0.39 is 17.4 Å². The van der Waals surface area contributed by atoms with Crippen molar-refractivity contribution in [1.29, 1.82) is 0 Å². The van der Waals surface area contributed by atoms with Crippen LogP contribution in [-0.2, 0) is 13.6 Å². The first-order valence-corrected chi connectivity index (χ1v) is 9.76. The molecule has 0 bridgehead atoms. The zero-order valence-electron chi connectivity index (χ0n) is 15.9. The summed E-state index contributed by atoms with van der Waals surface area (Å²) in [6.07, 6.45) is -0.142. The maximum absolute atomic E-state index is 12.4. The van der Waals surface area contributed by atoms with Crippen LogP contribution >= 0.6 is 23.2 Å². The van der Waals surface area contributed by atoms with Gasteiger partial charge >= 0.3 is 5.69 Å². The minimum atomic E-state index is -0.974. The van der Waals surface area contributed by atoms with Gasteiger partial charge in [0.2, 0.25) is 5.95 Å². The minimum Gasteiger partial charge on any atom is -0.489 e. The van der Waals surface area contributed by atoms with Gasteiger partial charge in [-0.15, -0.1) is 0 Å². The summed E-state index contributed by atoms with van der Waals surface area (Å²) in [5, 5.41) is 14.4. The molecule has 2 heterocycles. The predicted octanol–water partition coefficient (Wildman–Crippen LogP) is 1.99. The quantitative estimate of drug-likeness (QED) is 0.492. The van der Waals surface area contributed by atoms with E-state index >= 15 is 0 Å². The van der Waals surface area contributed by atoms with Crippen molar-refractivity contribution in [3.63, 3.8) is 0 Å². The van der Waals surface area contributed by atoms with Crippen LogP contribution in [0.1, 0.15) is 13.3 Å². The molecular weight excluding hydrogens is 421 g/mol. The number of aliphatic hydroxyl groups excluding tert-OH is 1. The van der Waals surface area contributed by atoms with Crippen LogP contribution in [0.2, 0.25) is 10.0 Å². The number of hydrogen-bond donors (Lipinski definition) is 3. The number of anilines is 1. The number of aryl methyl sites for hydroxylation is 1. The Morgan fingerprint density at radius 3 is 2.79 bits per heavy atom. The number of nitrogens with one attached hydrogen (secondary N) is 2. The maximum atomic E-state index is 12.4. The van der Waals surface area contributed by atoms with Crippen molar-refractivity contribution >= 4 is 40.3 Å². The largest absolute Gasteiger partial charge is 0.489 e. The van der Waals surface area contributed by atoms with E-state index in [4.69, 9.17) is 27.9 Å². The van der Waals surface area contributed by atoms with Gasteiger partial charge in [-0.2, -0.15) is 4.98 Å². The van der Waals surface area contributed by atoms with Crippen LogP contribution < -0.4 is 21.3 Å². The van der Waals surface area contributed by atoms with Crippen LogP contribution in [0.4, 0.5) is 5.95 Å². The summed E-state index contributed by atoms with van der Waals surface area (Å²) in [5.41, 5.74) is -0.718. The summed E-state index contributed by atoms with van der Waals surface area (Å²) < 4.78 is 8.37. The summed E-state index contributed by atoms with van der Waals surface area (Å²) in [6.45, 7) is 2.55. The molecule has 9 nitrogen and oxygen atoms in total. The maximum Gasteiger partial charge on any atom is 0.329 e. The average Bonchev–Trinajstić information content (AvgIpc) is 3.02. The molecule has 0 aliphatic carbocycles. The summed E-state index contributed by atoms with van der Waals surface area (Å²) in [5.74, 6) is 0.771. The predicted molar refractivity (Wildman–Crippen MR) is 112 cm³/mol. The molecule has 0 saturated heterocycles. The summed E-state index contributed by atoms with van der Waals surface area (Å²) in [6, 6.07) is 4.78. The van der Waals surface area contributed by atoms with Crippen molar-refractivity contribution in [2.75, 3.05) is 18.5 Å². The molecule has 0 spiro atoms. The molecule has 0 radical (unpaired) electrons. The molecule has 156 valence electrons. The lowest BCUT2D eigenvalue weighted by Gasteiger charge is -2.16. The fourth-order valence-electron chi connectivity index (χ4n) is 2.83. The Kier molecular flexibility index (Phi) is 6.51. The molecule has 0 aliphatic heterocycles. The van der Waals surface area contributed by atoms with Gasteiger partial charge in [-0.3, -0.25) is 14.3 Å². The van der Waals surface area contributed by atoms with Crippen LogP contribution in [0.15, 0.2) is 27.8 Å². The summed E-state index contributed by atoms with van der Waals surface area (Å²) >= 11 is 11.9. The van der Waals surface area contributed by atoms with Crippen molar-refractivity contribution < 1.29 is 9.84 Å². The highest BCUT2D eigenvalue weighted by Gasteiger charge is 2.20. The molecule has 29 heavy (non-hydrogen) atoms. The van der Waals surface area contributed by atoms with Gasteiger partial charge in [-0.1, -0.05) is 30.1 Å². The molecule has 1 aromatic carbocycles. The SMILES string of the molecule is CCCNc1nc2c(c(=O)[nH]c(=O)n2C)n1C[C@@H](O)COc1ccc(Cl)cc1Cl. The number of H-pyrrole nitrogens is 1. The van der Waals surface area contributed by atoms with E-state index in [2.05, 4.69) is 15.3 Å². The molecule has 11 heteroatoms. The lowest BCUT2D eigenvalue weighted by molar-refractivity contribution is 0.0939. The number of aromatic amines is 1. The summed E-state index contributed by atoms with van der Waals surface area (Å²) in [4.78, 5) is 30.9. The number of aliphatic hydroxyl groups is 1. The Labute approximate surface area is 175 Å². The first-order chi connectivity index (χ1) is 13.8. The molecular formula is C18H21Cl2N5O4. The third-order valence-corrected chi connectivity index (χ3v) is 4.79. The van der Waals surface area contributed by atoms with E-state index in [9.17, 15) is 14.7 Å². The van der Waals surface area contributed by atoms with Gasteiger partial charge in [0.05, 0.1) is 11.6 Å². The number of fused-ring (bicyclic) bond motifs is 1. The van der Waals surface area contributed by atoms with Crippen molar-refractivity contribution in [1.82, 2.24) is 19.1 Å². The fourth-order valence-corrected chi connectivity index (χ4v) is 3.29. The smallest absolute Gasteiger partial charge is 0.329 e. The zero-order chi connectivity index (χ0) is 21.1. The number of hydrogen-bond acceptors (Lipinski definition) is 6. The Bertz CT molecular complexity index is 1140. The molecule has 0 saturated carbocycles. The molecule has 3 rings (SSSR count). The second kappa shape index (κ2) is 8.89. The second-order valence-electron chi connectivity index (χ2n) is 6.50. The molecule has 0 unspecified atom stereocenters. The van der Waals surface area contributed by atoms with Crippen molar-refractivity contribution in [2.24, 2.45) is 7.05 Å². The number of halogens is 2. The van der Waals surface area contributed by atoms with E-state index in [0.29, 0.717) is 28.3 Å². The van der Waals surface area contributed by atoms with Crippen LogP contribution in [-0.4, -0.2) is 43.5 Å². The van der Waals surface area contributed by atoms with Crippen molar-refractivity contribution in [2.45, 2.75) is 26.0 Å². The standard InChI is InChI=1S/C18H21Cl2N5O4/c1-3-6-21-17-22-15-14(16(27)23-18(28)24(15)2)25(17)8-11(26)9-29-13-5-4-10(19)7-12(13)20/h4-5,7,11,26H,3,6,8-9H2,1-2H3,(H,21,22)(H,23,27,28)/t11-/m1/s1. The van der Waals surface area contributed by atoms with E-state index in [-0.39, 0.29) is 24.3 Å². The topological polar surface area (TPSA) is 114 Å². The number of benzene rings is 1. The molecule has 1 atom stereocenters. The molecule has 3 N–H and O–H groups in total. The number of rotatable bonds is 8. The fraction of sp³-hybridized carbons (Fsp3) is 0.389. The van der Waals surface area contributed by atoms with E-state index in [1.165, 1.54) is 11.6 Å². The molecule has 0 amide bonds. The van der Waals surface area contributed by atoms with Gasteiger partial charge in [0.25, 0.3) is 5.56 Å². The second-order valence-corrected chi connectivity index (χ2v) is 7.35. The molecule has 0 aliphatic rings. The van der Waals surface area contributed by atoms with Gasteiger partial charge in [0, 0.05) is 18.6 Å². The monoisotopic (exact) mass is 441 g/mol. The average molecular weight is 442 g/mol. The Balaban J connectivity index is 1.88. The van der Waals surface area contributed by atoms with Crippen LogP contribution in [0.25, 0.3) is 11.2 Å².